The van der Waals surface area contributed by atoms with Crippen LogP contribution in [0.5, 0.6) is 11.5 Å². The summed E-state index contributed by atoms with van der Waals surface area (Å²) in [4.78, 5) is 27.1. The Labute approximate surface area is 117 Å². The highest BCUT2D eigenvalue weighted by atomic mass is 16.3. The number of phenols is 2. The molecule has 1 aliphatic rings. The second-order valence-corrected chi connectivity index (χ2v) is 4.92. The second kappa shape index (κ2) is 5.81. The quantitative estimate of drug-likeness (QED) is 0.856. The maximum Gasteiger partial charge on any atom is 0.261 e. The second-order valence-electron chi connectivity index (χ2n) is 4.92. The molecule has 6 heteroatoms. The van der Waals surface area contributed by atoms with Gasteiger partial charge < -0.3 is 20.0 Å². The van der Waals surface area contributed by atoms with Crippen molar-refractivity contribution in [2.24, 2.45) is 0 Å². The monoisotopic (exact) mass is 278 g/mol. The van der Waals surface area contributed by atoms with Crippen molar-refractivity contribution in [1.82, 2.24) is 9.80 Å². The Hall–Kier alpha value is -2.24. The van der Waals surface area contributed by atoms with Gasteiger partial charge in [0.2, 0.25) is 5.91 Å². The lowest BCUT2D eigenvalue weighted by molar-refractivity contribution is -0.130. The van der Waals surface area contributed by atoms with Gasteiger partial charge in [-0.1, -0.05) is 6.07 Å². The van der Waals surface area contributed by atoms with Crippen LogP contribution in [0.25, 0.3) is 0 Å². The summed E-state index contributed by atoms with van der Waals surface area (Å²) in [5.74, 6) is -1.28. The summed E-state index contributed by atoms with van der Waals surface area (Å²) in [6.45, 7) is 1.39. The molecule has 1 fully saturated rings. The molecule has 0 radical (unpaired) electrons. The molecule has 0 saturated carbocycles. The first kappa shape index (κ1) is 14.2. The van der Waals surface area contributed by atoms with E-state index >= 15 is 0 Å². The van der Waals surface area contributed by atoms with E-state index in [0.29, 0.717) is 0 Å². The molecule has 2 amide bonds. The third kappa shape index (κ3) is 2.84. The van der Waals surface area contributed by atoms with Crippen LogP contribution in [-0.4, -0.2) is 58.5 Å². The Morgan fingerprint density at radius 2 is 1.75 bits per heavy atom. The normalized spacial score (nSPS) is 14.3. The van der Waals surface area contributed by atoms with E-state index in [0.717, 1.165) is 25.9 Å². The molecule has 0 aliphatic carbocycles. The fraction of sp³-hybridized carbons (Fsp3) is 0.429. The SMILES string of the molecule is CN(CC(=O)N1CCCC1)C(=O)c1c(O)cccc1O. The van der Waals surface area contributed by atoms with Crippen molar-refractivity contribution >= 4 is 11.8 Å². The zero-order valence-electron chi connectivity index (χ0n) is 11.4. The summed E-state index contributed by atoms with van der Waals surface area (Å²) in [6.07, 6.45) is 1.98. The fourth-order valence-corrected chi connectivity index (χ4v) is 2.28. The molecular formula is C14H18N2O4. The Bertz CT molecular complexity index is 504. The van der Waals surface area contributed by atoms with Gasteiger partial charge in [-0.3, -0.25) is 9.59 Å². The molecule has 1 aliphatic heterocycles. The maximum atomic E-state index is 12.2. The highest BCUT2D eigenvalue weighted by molar-refractivity contribution is 6.00. The van der Waals surface area contributed by atoms with Gasteiger partial charge in [-0.05, 0) is 25.0 Å². The Morgan fingerprint density at radius 1 is 1.20 bits per heavy atom. The van der Waals surface area contributed by atoms with E-state index in [4.69, 9.17) is 0 Å². The summed E-state index contributed by atoms with van der Waals surface area (Å²) in [5.41, 5.74) is -0.177. The van der Waals surface area contributed by atoms with Crippen molar-refractivity contribution in [2.45, 2.75) is 12.8 Å². The predicted molar refractivity (Wildman–Crippen MR) is 72.5 cm³/mol. The molecule has 1 aromatic rings. The van der Waals surface area contributed by atoms with Crippen molar-refractivity contribution in [2.75, 3.05) is 26.7 Å². The first-order valence-electron chi connectivity index (χ1n) is 6.55. The van der Waals surface area contributed by atoms with Crippen LogP contribution in [-0.2, 0) is 4.79 Å². The minimum absolute atomic E-state index is 0.0629. The maximum absolute atomic E-state index is 12.2. The number of rotatable bonds is 3. The number of carbonyl (C=O) groups is 2. The average molecular weight is 278 g/mol. The Morgan fingerprint density at radius 3 is 2.30 bits per heavy atom. The van der Waals surface area contributed by atoms with E-state index in [1.807, 2.05) is 0 Å². The highest BCUT2D eigenvalue weighted by Gasteiger charge is 2.24. The zero-order chi connectivity index (χ0) is 14.7. The van der Waals surface area contributed by atoms with Crippen molar-refractivity contribution in [3.8, 4) is 11.5 Å². The summed E-state index contributed by atoms with van der Waals surface area (Å²) in [6, 6.07) is 4.09. The molecule has 108 valence electrons. The van der Waals surface area contributed by atoms with Gasteiger partial charge in [0.1, 0.15) is 17.1 Å². The molecule has 20 heavy (non-hydrogen) atoms. The van der Waals surface area contributed by atoms with Crippen molar-refractivity contribution in [3.05, 3.63) is 23.8 Å². The summed E-state index contributed by atoms with van der Waals surface area (Å²) < 4.78 is 0. The highest BCUT2D eigenvalue weighted by Crippen LogP contribution is 2.27. The standard InChI is InChI=1S/C14H18N2O4/c1-15(9-12(19)16-7-2-3-8-16)14(20)13-10(17)5-4-6-11(13)18/h4-6,17-18H,2-3,7-9H2,1H3. The number of likely N-dealkylation sites (tertiary alicyclic amines) is 1. The molecule has 6 nitrogen and oxygen atoms in total. The minimum Gasteiger partial charge on any atom is -0.507 e. The van der Waals surface area contributed by atoms with Gasteiger partial charge in [0, 0.05) is 20.1 Å². The van der Waals surface area contributed by atoms with Gasteiger partial charge in [0.15, 0.2) is 0 Å². The predicted octanol–water partition coefficient (Wildman–Crippen LogP) is 0.792. The van der Waals surface area contributed by atoms with Crippen molar-refractivity contribution in [3.63, 3.8) is 0 Å². The van der Waals surface area contributed by atoms with Crippen LogP contribution in [0.2, 0.25) is 0 Å². The van der Waals surface area contributed by atoms with Crippen LogP contribution in [0.15, 0.2) is 18.2 Å². The molecule has 2 N–H and O–H groups in total. The molecule has 1 saturated heterocycles. The molecule has 2 rings (SSSR count). The van der Waals surface area contributed by atoms with Crippen LogP contribution >= 0.6 is 0 Å². The average Bonchev–Trinajstić information content (AvgIpc) is 2.92. The van der Waals surface area contributed by atoms with E-state index < -0.39 is 5.91 Å². The number of aromatic hydroxyl groups is 2. The number of likely N-dealkylation sites (N-methyl/N-ethyl adjacent to an activating group) is 1. The largest absolute Gasteiger partial charge is 0.507 e. The molecule has 1 aromatic carbocycles. The number of hydrogen-bond acceptors (Lipinski definition) is 4. The molecular weight excluding hydrogens is 260 g/mol. The first-order chi connectivity index (χ1) is 9.50. The molecule has 0 bridgehead atoms. The van der Waals surface area contributed by atoms with Crippen molar-refractivity contribution in [1.29, 1.82) is 0 Å². The van der Waals surface area contributed by atoms with Gasteiger partial charge in [0.25, 0.3) is 5.91 Å². The molecule has 1 heterocycles. The lowest BCUT2D eigenvalue weighted by atomic mass is 10.1. The van der Waals surface area contributed by atoms with E-state index in [9.17, 15) is 19.8 Å². The molecule has 0 unspecified atom stereocenters. The number of nitrogens with zero attached hydrogens (tertiary/aromatic N) is 2. The molecule has 0 aromatic heterocycles. The van der Waals surface area contributed by atoms with Gasteiger partial charge in [-0.25, -0.2) is 0 Å². The number of amides is 2. The third-order valence-electron chi connectivity index (χ3n) is 3.41. The summed E-state index contributed by atoms with van der Waals surface area (Å²) in [7, 11) is 1.47. The minimum atomic E-state index is -0.576. The first-order valence-corrected chi connectivity index (χ1v) is 6.55. The number of carbonyl (C=O) groups excluding carboxylic acids is 2. The number of hydrogen-bond donors (Lipinski definition) is 2. The third-order valence-corrected chi connectivity index (χ3v) is 3.41. The van der Waals surface area contributed by atoms with Crippen molar-refractivity contribution < 1.29 is 19.8 Å². The van der Waals surface area contributed by atoms with Gasteiger partial charge in [0.05, 0.1) is 6.54 Å². The number of phenolic OH excluding ortho intramolecular Hbond substituents is 2. The van der Waals surface area contributed by atoms with Gasteiger partial charge in [-0.2, -0.15) is 0 Å². The van der Waals surface area contributed by atoms with Crippen LogP contribution in [0, 0.1) is 0 Å². The lowest BCUT2D eigenvalue weighted by Crippen LogP contribution is -2.39. The van der Waals surface area contributed by atoms with Crippen LogP contribution < -0.4 is 0 Å². The molecule has 0 spiro atoms. The molecule has 0 atom stereocenters. The zero-order valence-corrected chi connectivity index (χ0v) is 11.4. The van der Waals surface area contributed by atoms with E-state index in [2.05, 4.69) is 0 Å². The van der Waals surface area contributed by atoms with Crippen LogP contribution in [0.3, 0.4) is 0 Å². The number of benzene rings is 1. The van der Waals surface area contributed by atoms with Crippen LogP contribution in [0.1, 0.15) is 23.2 Å². The summed E-state index contributed by atoms with van der Waals surface area (Å²) >= 11 is 0. The van der Waals surface area contributed by atoms with E-state index in [1.54, 1.807) is 4.90 Å². The van der Waals surface area contributed by atoms with Crippen LogP contribution in [0.4, 0.5) is 0 Å². The topological polar surface area (TPSA) is 81.1 Å². The Kier molecular flexibility index (Phi) is 4.12. The van der Waals surface area contributed by atoms with E-state index in [-0.39, 0.29) is 29.5 Å². The van der Waals surface area contributed by atoms with Gasteiger partial charge in [-0.15, -0.1) is 0 Å². The van der Waals surface area contributed by atoms with E-state index in [1.165, 1.54) is 30.1 Å². The smallest absolute Gasteiger partial charge is 0.261 e. The summed E-state index contributed by atoms with van der Waals surface area (Å²) in [5, 5.41) is 19.3. The van der Waals surface area contributed by atoms with Gasteiger partial charge >= 0.3 is 0 Å². The fourth-order valence-electron chi connectivity index (χ4n) is 2.28. The lowest BCUT2D eigenvalue weighted by Gasteiger charge is -2.22. The Balaban J connectivity index is 2.07.